The molecule has 148 valence electrons. The Hall–Kier alpha value is -3.32. The Bertz CT molecular complexity index is 1150. The number of anilines is 1. The zero-order valence-corrected chi connectivity index (χ0v) is 17.1. The fourth-order valence-corrected chi connectivity index (χ4v) is 3.54. The first-order valence-electron chi connectivity index (χ1n) is 9.13. The molecule has 1 N–H and O–H groups in total. The van der Waals surface area contributed by atoms with Crippen LogP contribution in [-0.4, -0.2) is 24.1 Å². The lowest BCUT2D eigenvalue weighted by atomic mass is 10.2. The predicted octanol–water partition coefficient (Wildman–Crippen LogP) is 5.60. The molecule has 1 amide bonds. The van der Waals surface area contributed by atoms with Gasteiger partial charge in [-0.05, 0) is 62.4 Å². The number of carbonyl (C=O) groups is 1. The van der Waals surface area contributed by atoms with Crippen molar-refractivity contribution in [3.8, 4) is 23.0 Å². The smallest absolute Gasteiger partial charge is 0.257 e. The van der Waals surface area contributed by atoms with Gasteiger partial charge in [0.2, 0.25) is 0 Å². The lowest BCUT2D eigenvalue weighted by Gasteiger charge is -2.09. The molecule has 29 heavy (non-hydrogen) atoms. The fraction of sp³-hybridized carbons (Fsp3) is 0.182. The summed E-state index contributed by atoms with van der Waals surface area (Å²) in [5.74, 6) is 1.91. The molecule has 2 heterocycles. The molecular weight excluding hydrogens is 388 g/mol. The highest BCUT2D eigenvalue weighted by atomic mass is 32.1. The first kappa shape index (κ1) is 19.0. The first-order valence-corrected chi connectivity index (χ1v) is 10.0. The van der Waals surface area contributed by atoms with Gasteiger partial charge in [-0.3, -0.25) is 10.1 Å². The number of amides is 1. The van der Waals surface area contributed by atoms with Gasteiger partial charge in [-0.25, -0.2) is 4.98 Å². The quantitative estimate of drug-likeness (QED) is 0.449. The average molecular weight is 408 g/mol. The van der Waals surface area contributed by atoms with Crippen LogP contribution in [0.25, 0.3) is 22.4 Å². The molecule has 0 unspecified atom stereocenters. The maximum Gasteiger partial charge on any atom is 0.257 e. The Kier molecular flexibility index (Phi) is 5.22. The summed E-state index contributed by atoms with van der Waals surface area (Å²) in [4.78, 5) is 17.0. The number of carbonyl (C=O) groups excluding carboxylic acids is 1. The minimum atomic E-state index is -0.226. The van der Waals surface area contributed by atoms with Crippen molar-refractivity contribution in [1.29, 1.82) is 0 Å². The van der Waals surface area contributed by atoms with Gasteiger partial charge >= 0.3 is 0 Å². The van der Waals surface area contributed by atoms with E-state index in [1.807, 2.05) is 43.5 Å². The number of nitrogens with one attached hydrogen (secondary N) is 1. The Labute approximate surface area is 172 Å². The van der Waals surface area contributed by atoms with Gasteiger partial charge in [-0.15, -0.1) is 11.3 Å². The van der Waals surface area contributed by atoms with Crippen molar-refractivity contribution < 1.29 is 18.7 Å². The minimum Gasteiger partial charge on any atom is -0.497 e. The van der Waals surface area contributed by atoms with E-state index in [4.69, 9.17) is 13.9 Å². The third-order valence-electron chi connectivity index (χ3n) is 4.19. The molecular formula is C22H20N2O4S. The van der Waals surface area contributed by atoms with E-state index < -0.39 is 0 Å². The minimum absolute atomic E-state index is 0.0859. The third kappa shape index (κ3) is 4.25. The Morgan fingerprint density at radius 3 is 2.59 bits per heavy atom. The van der Waals surface area contributed by atoms with Crippen LogP contribution in [0.4, 0.5) is 5.13 Å². The maximum atomic E-state index is 12.5. The van der Waals surface area contributed by atoms with E-state index in [0.29, 0.717) is 22.1 Å². The van der Waals surface area contributed by atoms with Crippen LogP contribution in [0.2, 0.25) is 0 Å². The number of thiazole rings is 1. The summed E-state index contributed by atoms with van der Waals surface area (Å²) in [6, 6.07) is 14.5. The third-order valence-corrected chi connectivity index (χ3v) is 4.95. The molecule has 0 radical (unpaired) electrons. The molecule has 0 aliphatic rings. The van der Waals surface area contributed by atoms with Crippen LogP contribution in [-0.2, 0) is 0 Å². The number of aromatic nitrogens is 1. The molecule has 2 aromatic heterocycles. The number of hydrogen-bond acceptors (Lipinski definition) is 6. The number of nitrogens with zero attached hydrogens (tertiary/aromatic N) is 1. The number of benzene rings is 2. The van der Waals surface area contributed by atoms with Crippen molar-refractivity contribution in [2.24, 2.45) is 0 Å². The van der Waals surface area contributed by atoms with Crippen LogP contribution in [0, 0.1) is 0 Å². The van der Waals surface area contributed by atoms with Crippen LogP contribution < -0.4 is 14.8 Å². The lowest BCUT2D eigenvalue weighted by molar-refractivity contribution is 0.102. The van der Waals surface area contributed by atoms with Gasteiger partial charge in [-0.2, -0.15) is 0 Å². The second-order valence-electron chi connectivity index (χ2n) is 6.70. The van der Waals surface area contributed by atoms with E-state index in [-0.39, 0.29) is 12.0 Å². The van der Waals surface area contributed by atoms with E-state index in [0.717, 1.165) is 22.5 Å². The highest BCUT2D eigenvalue weighted by Crippen LogP contribution is 2.32. The molecule has 6 nitrogen and oxygen atoms in total. The van der Waals surface area contributed by atoms with Crippen molar-refractivity contribution in [3.05, 3.63) is 59.5 Å². The van der Waals surface area contributed by atoms with Crippen molar-refractivity contribution in [3.63, 3.8) is 0 Å². The molecule has 0 spiro atoms. The van der Waals surface area contributed by atoms with Crippen LogP contribution in [0.5, 0.6) is 11.5 Å². The molecule has 4 aromatic rings. The number of methoxy groups -OCH3 is 1. The van der Waals surface area contributed by atoms with Gasteiger partial charge in [0.25, 0.3) is 5.91 Å². The van der Waals surface area contributed by atoms with Gasteiger partial charge in [0.1, 0.15) is 22.8 Å². The SMILES string of the molecule is COc1ccc2oc(-c3csc(NC(=O)c4ccc(OC(C)C)cc4)n3)cc2c1. The zero-order chi connectivity index (χ0) is 20.4. The summed E-state index contributed by atoms with van der Waals surface area (Å²) in [6.45, 7) is 3.92. The molecule has 4 rings (SSSR count). The van der Waals surface area contributed by atoms with Crippen molar-refractivity contribution in [2.75, 3.05) is 12.4 Å². The van der Waals surface area contributed by atoms with Gasteiger partial charge in [0.05, 0.1) is 13.2 Å². The lowest BCUT2D eigenvalue weighted by Crippen LogP contribution is -2.12. The Balaban J connectivity index is 1.48. The standard InChI is InChI=1S/C22H20N2O4S/c1-13(2)27-16-6-4-14(5-7-16)21(25)24-22-23-18(12-29-22)20-11-15-10-17(26-3)8-9-19(15)28-20/h4-13H,1-3H3,(H,23,24,25). The van der Waals surface area contributed by atoms with Crippen LogP contribution in [0.3, 0.4) is 0 Å². The summed E-state index contributed by atoms with van der Waals surface area (Å²) in [5.41, 5.74) is 1.96. The second-order valence-corrected chi connectivity index (χ2v) is 7.56. The van der Waals surface area contributed by atoms with Gasteiger partial charge in [0.15, 0.2) is 10.9 Å². The molecule has 0 fully saturated rings. The molecule has 7 heteroatoms. The number of rotatable bonds is 6. The van der Waals surface area contributed by atoms with Crippen LogP contribution >= 0.6 is 11.3 Å². The highest BCUT2D eigenvalue weighted by molar-refractivity contribution is 7.14. The number of fused-ring (bicyclic) bond motifs is 1. The number of hydrogen-bond donors (Lipinski definition) is 1. The van der Waals surface area contributed by atoms with E-state index >= 15 is 0 Å². The summed E-state index contributed by atoms with van der Waals surface area (Å²) < 4.78 is 16.7. The zero-order valence-electron chi connectivity index (χ0n) is 16.3. The van der Waals surface area contributed by atoms with E-state index in [1.54, 1.807) is 31.4 Å². The molecule has 0 atom stereocenters. The molecule has 0 saturated heterocycles. The number of ether oxygens (including phenoxy) is 2. The summed E-state index contributed by atoms with van der Waals surface area (Å²) in [6.07, 6.45) is 0.0859. The molecule has 0 aliphatic carbocycles. The largest absolute Gasteiger partial charge is 0.497 e. The van der Waals surface area contributed by atoms with Crippen molar-refractivity contribution in [2.45, 2.75) is 20.0 Å². The Morgan fingerprint density at radius 1 is 1.10 bits per heavy atom. The molecule has 0 aliphatic heterocycles. The molecule has 2 aromatic carbocycles. The van der Waals surface area contributed by atoms with E-state index in [2.05, 4.69) is 10.3 Å². The second kappa shape index (κ2) is 7.97. The van der Waals surface area contributed by atoms with E-state index in [1.165, 1.54) is 11.3 Å². The average Bonchev–Trinajstić information content (AvgIpc) is 3.34. The highest BCUT2D eigenvalue weighted by Gasteiger charge is 2.13. The van der Waals surface area contributed by atoms with Crippen molar-refractivity contribution in [1.82, 2.24) is 4.98 Å². The monoisotopic (exact) mass is 408 g/mol. The fourth-order valence-electron chi connectivity index (χ4n) is 2.85. The van der Waals surface area contributed by atoms with Crippen LogP contribution in [0.15, 0.2) is 58.3 Å². The topological polar surface area (TPSA) is 73.6 Å². The van der Waals surface area contributed by atoms with Gasteiger partial charge < -0.3 is 13.9 Å². The molecule has 0 bridgehead atoms. The van der Waals surface area contributed by atoms with Gasteiger partial charge in [0, 0.05) is 16.3 Å². The predicted molar refractivity (Wildman–Crippen MR) is 114 cm³/mol. The maximum absolute atomic E-state index is 12.5. The Morgan fingerprint density at radius 2 is 1.86 bits per heavy atom. The molecule has 0 saturated carbocycles. The van der Waals surface area contributed by atoms with Gasteiger partial charge in [-0.1, -0.05) is 0 Å². The first-order chi connectivity index (χ1) is 14.0. The van der Waals surface area contributed by atoms with E-state index in [9.17, 15) is 4.79 Å². The summed E-state index contributed by atoms with van der Waals surface area (Å²) in [7, 11) is 1.63. The summed E-state index contributed by atoms with van der Waals surface area (Å²) in [5, 5.41) is 6.12. The normalized spacial score (nSPS) is 11.0. The summed E-state index contributed by atoms with van der Waals surface area (Å²) >= 11 is 1.34. The van der Waals surface area contributed by atoms with Crippen molar-refractivity contribution >= 4 is 33.3 Å². The number of furan rings is 1. The van der Waals surface area contributed by atoms with Crippen LogP contribution in [0.1, 0.15) is 24.2 Å².